The molecule has 0 aliphatic heterocycles. The van der Waals surface area contributed by atoms with Crippen LogP contribution < -0.4 is 5.32 Å². The maximum Gasteiger partial charge on any atom is 0.339 e. The third kappa shape index (κ3) is 3.75. The van der Waals surface area contributed by atoms with E-state index in [-0.39, 0.29) is 5.97 Å². The van der Waals surface area contributed by atoms with Gasteiger partial charge in [0.15, 0.2) is 0 Å². The average molecular weight is 290 g/mol. The number of carbonyl (C=O) groups is 1. The summed E-state index contributed by atoms with van der Waals surface area (Å²) in [5, 5.41) is 3.99. The number of ether oxygens (including phenoxy) is 1. The molecule has 0 unspecified atom stereocenters. The third-order valence-corrected chi connectivity index (χ3v) is 3.23. The summed E-state index contributed by atoms with van der Waals surface area (Å²) in [6.45, 7) is 0.732. The Labute approximate surface area is 123 Å². The van der Waals surface area contributed by atoms with Gasteiger partial charge in [-0.15, -0.1) is 0 Å². The van der Waals surface area contributed by atoms with Crippen molar-refractivity contribution in [1.29, 1.82) is 0 Å². The highest BCUT2D eigenvalue weighted by Gasteiger charge is 2.10. The van der Waals surface area contributed by atoms with Gasteiger partial charge in [0.05, 0.1) is 12.7 Å². The quantitative estimate of drug-likeness (QED) is 0.851. The summed E-state index contributed by atoms with van der Waals surface area (Å²) in [7, 11) is 1.38. The molecular weight excluding hydrogens is 274 g/mol. The van der Waals surface area contributed by atoms with E-state index < -0.39 is 0 Å². The molecule has 0 atom stereocenters. The maximum atomic E-state index is 11.6. The second kappa shape index (κ2) is 6.96. The average Bonchev–Trinajstić information content (AvgIpc) is 2.49. The molecule has 3 nitrogen and oxygen atoms in total. The minimum atomic E-state index is -0.334. The van der Waals surface area contributed by atoms with Crippen molar-refractivity contribution < 1.29 is 9.53 Å². The van der Waals surface area contributed by atoms with E-state index in [1.165, 1.54) is 12.7 Å². The van der Waals surface area contributed by atoms with Crippen molar-refractivity contribution in [2.75, 3.05) is 19.0 Å². The molecule has 0 aliphatic carbocycles. The minimum absolute atomic E-state index is 0.334. The van der Waals surface area contributed by atoms with Crippen LogP contribution in [0.4, 0.5) is 5.69 Å². The number of hydrogen-bond acceptors (Lipinski definition) is 3. The van der Waals surface area contributed by atoms with Gasteiger partial charge in [0.1, 0.15) is 0 Å². The van der Waals surface area contributed by atoms with Gasteiger partial charge in [-0.25, -0.2) is 4.79 Å². The van der Waals surface area contributed by atoms with E-state index in [1.807, 2.05) is 42.5 Å². The zero-order valence-corrected chi connectivity index (χ0v) is 12.0. The van der Waals surface area contributed by atoms with Gasteiger partial charge in [-0.1, -0.05) is 35.9 Å². The van der Waals surface area contributed by atoms with Gasteiger partial charge in [-0.05, 0) is 36.2 Å². The summed E-state index contributed by atoms with van der Waals surface area (Å²) in [5.74, 6) is -0.334. The number of hydrogen-bond donors (Lipinski definition) is 1. The predicted octanol–water partition coefficient (Wildman–Crippen LogP) is 3.78. The Morgan fingerprint density at radius 1 is 1.15 bits per heavy atom. The van der Waals surface area contributed by atoms with Crippen LogP contribution in [0.1, 0.15) is 15.9 Å². The number of para-hydroxylation sites is 1. The maximum absolute atomic E-state index is 11.6. The van der Waals surface area contributed by atoms with Crippen LogP contribution >= 0.6 is 11.6 Å². The molecular formula is C16H16ClNO2. The van der Waals surface area contributed by atoms with Crippen LogP contribution in [-0.2, 0) is 11.2 Å². The number of methoxy groups -OCH3 is 1. The van der Waals surface area contributed by atoms with E-state index in [0.717, 1.165) is 23.7 Å². The Morgan fingerprint density at radius 3 is 2.55 bits per heavy atom. The van der Waals surface area contributed by atoms with E-state index in [1.54, 1.807) is 6.07 Å². The van der Waals surface area contributed by atoms with Crippen molar-refractivity contribution in [1.82, 2.24) is 0 Å². The standard InChI is InChI=1S/C16H16ClNO2/c1-20-16(19)14-4-2-3-5-15(14)18-11-10-12-6-8-13(17)9-7-12/h2-9,18H,10-11H2,1H3. The van der Waals surface area contributed by atoms with E-state index in [4.69, 9.17) is 16.3 Å². The van der Waals surface area contributed by atoms with E-state index in [2.05, 4.69) is 5.32 Å². The Bertz CT molecular complexity index is 581. The zero-order valence-electron chi connectivity index (χ0n) is 11.2. The minimum Gasteiger partial charge on any atom is -0.465 e. The summed E-state index contributed by atoms with van der Waals surface area (Å²) < 4.78 is 4.76. The topological polar surface area (TPSA) is 38.3 Å². The highest BCUT2D eigenvalue weighted by atomic mass is 35.5. The van der Waals surface area contributed by atoms with Gasteiger partial charge in [0.25, 0.3) is 0 Å². The lowest BCUT2D eigenvalue weighted by atomic mass is 10.1. The second-order valence-corrected chi connectivity index (χ2v) is 4.78. The number of carbonyl (C=O) groups excluding carboxylic acids is 1. The molecule has 0 bridgehead atoms. The van der Waals surface area contributed by atoms with Crippen molar-refractivity contribution in [3.63, 3.8) is 0 Å². The van der Waals surface area contributed by atoms with Gasteiger partial charge < -0.3 is 10.1 Å². The molecule has 20 heavy (non-hydrogen) atoms. The molecule has 2 rings (SSSR count). The number of anilines is 1. The molecule has 0 saturated carbocycles. The number of halogens is 1. The van der Waals surface area contributed by atoms with E-state index in [9.17, 15) is 4.79 Å². The van der Waals surface area contributed by atoms with Crippen LogP contribution in [0.15, 0.2) is 48.5 Å². The van der Waals surface area contributed by atoms with Crippen LogP contribution in [0.3, 0.4) is 0 Å². The zero-order chi connectivity index (χ0) is 14.4. The fraction of sp³-hybridized carbons (Fsp3) is 0.188. The summed E-state index contributed by atoms with van der Waals surface area (Å²) in [5.41, 5.74) is 2.52. The first-order valence-corrected chi connectivity index (χ1v) is 6.74. The Balaban J connectivity index is 1.97. The normalized spacial score (nSPS) is 10.1. The first-order valence-electron chi connectivity index (χ1n) is 6.36. The van der Waals surface area contributed by atoms with Crippen LogP contribution in [0.2, 0.25) is 5.02 Å². The molecule has 0 aliphatic rings. The molecule has 0 radical (unpaired) electrons. The fourth-order valence-corrected chi connectivity index (χ4v) is 2.04. The van der Waals surface area contributed by atoms with Crippen LogP contribution in [0.5, 0.6) is 0 Å². The molecule has 4 heteroatoms. The highest BCUT2D eigenvalue weighted by Crippen LogP contribution is 2.16. The molecule has 0 saturated heterocycles. The molecule has 1 N–H and O–H groups in total. The van der Waals surface area contributed by atoms with Crippen molar-refractivity contribution in [3.05, 3.63) is 64.7 Å². The van der Waals surface area contributed by atoms with E-state index >= 15 is 0 Å². The lowest BCUT2D eigenvalue weighted by Crippen LogP contribution is -2.10. The largest absolute Gasteiger partial charge is 0.465 e. The lowest BCUT2D eigenvalue weighted by molar-refractivity contribution is 0.0602. The number of esters is 1. The Hall–Kier alpha value is -2.00. The van der Waals surface area contributed by atoms with Crippen LogP contribution in [0, 0.1) is 0 Å². The third-order valence-electron chi connectivity index (χ3n) is 2.97. The van der Waals surface area contributed by atoms with Crippen molar-refractivity contribution in [2.45, 2.75) is 6.42 Å². The number of nitrogens with one attached hydrogen (secondary N) is 1. The SMILES string of the molecule is COC(=O)c1ccccc1NCCc1ccc(Cl)cc1. The van der Waals surface area contributed by atoms with Gasteiger partial charge in [-0.3, -0.25) is 0 Å². The molecule has 0 fully saturated rings. The summed E-state index contributed by atoms with van der Waals surface area (Å²) >= 11 is 5.85. The molecule has 0 heterocycles. The van der Waals surface area contributed by atoms with Crippen molar-refractivity contribution in [3.8, 4) is 0 Å². The van der Waals surface area contributed by atoms with Gasteiger partial charge in [-0.2, -0.15) is 0 Å². The van der Waals surface area contributed by atoms with Crippen LogP contribution in [0.25, 0.3) is 0 Å². The first kappa shape index (κ1) is 14.4. The van der Waals surface area contributed by atoms with Crippen molar-refractivity contribution in [2.24, 2.45) is 0 Å². The lowest BCUT2D eigenvalue weighted by Gasteiger charge is -2.10. The molecule has 104 valence electrons. The Morgan fingerprint density at radius 2 is 1.85 bits per heavy atom. The first-order chi connectivity index (χ1) is 9.70. The second-order valence-electron chi connectivity index (χ2n) is 4.34. The molecule has 2 aromatic carbocycles. The summed E-state index contributed by atoms with van der Waals surface area (Å²) in [4.78, 5) is 11.6. The summed E-state index contributed by atoms with van der Waals surface area (Å²) in [6, 6.07) is 15.1. The number of benzene rings is 2. The number of rotatable bonds is 5. The van der Waals surface area contributed by atoms with E-state index in [0.29, 0.717) is 5.56 Å². The van der Waals surface area contributed by atoms with Gasteiger partial charge >= 0.3 is 5.97 Å². The fourth-order valence-electron chi connectivity index (χ4n) is 1.92. The smallest absolute Gasteiger partial charge is 0.339 e. The predicted molar refractivity (Wildman–Crippen MR) is 81.4 cm³/mol. The molecule has 0 aromatic heterocycles. The monoisotopic (exact) mass is 289 g/mol. The molecule has 2 aromatic rings. The summed E-state index contributed by atoms with van der Waals surface area (Å²) in [6.07, 6.45) is 0.854. The van der Waals surface area contributed by atoms with Crippen molar-refractivity contribution >= 4 is 23.3 Å². The molecule has 0 spiro atoms. The molecule has 0 amide bonds. The van der Waals surface area contributed by atoms with Crippen LogP contribution in [-0.4, -0.2) is 19.6 Å². The van der Waals surface area contributed by atoms with Gasteiger partial charge in [0.2, 0.25) is 0 Å². The van der Waals surface area contributed by atoms with Gasteiger partial charge in [0, 0.05) is 17.3 Å². The Kier molecular flexibility index (Phi) is 5.02. The highest BCUT2D eigenvalue weighted by molar-refractivity contribution is 6.30.